The Kier molecular flexibility index (Phi) is 7.06. The molecule has 0 saturated heterocycles. The second-order valence-electron chi connectivity index (χ2n) is 8.01. The summed E-state index contributed by atoms with van der Waals surface area (Å²) in [5, 5.41) is 9.33. The molecular weight excluding hydrogens is 480 g/mol. The quantitative estimate of drug-likeness (QED) is 0.233. The van der Waals surface area contributed by atoms with E-state index in [0.29, 0.717) is 23.9 Å². The zero-order valence-corrected chi connectivity index (χ0v) is 20.3. The van der Waals surface area contributed by atoms with Gasteiger partial charge < -0.3 is 15.1 Å². The van der Waals surface area contributed by atoms with Crippen LogP contribution in [0.25, 0.3) is 11.3 Å². The Morgan fingerprint density at radius 3 is 2.40 bits per heavy atom. The number of benzene rings is 3. The Labute approximate surface area is 209 Å². The van der Waals surface area contributed by atoms with E-state index in [0.717, 1.165) is 16.8 Å². The van der Waals surface area contributed by atoms with Gasteiger partial charge in [-0.1, -0.05) is 72.8 Å². The number of nitrogens with one attached hydrogen (secondary N) is 3. The maximum Gasteiger partial charge on any atom is 0.295 e. The first-order valence-corrected chi connectivity index (χ1v) is 13.2. The molecule has 0 fully saturated rings. The molecule has 3 N–H and O–H groups in total. The minimum Gasteiger partial charge on any atom is -0.424 e. The molecule has 0 saturated carbocycles. The van der Waals surface area contributed by atoms with E-state index in [1.807, 2.05) is 60.7 Å². The number of thioether (sulfide) groups is 1. The highest BCUT2D eigenvalue weighted by atomic mass is 32.2. The molecule has 3 aromatic carbocycles. The van der Waals surface area contributed by atoms with Gasteiger partial charge >= 0.3 is 0 Å². The van der Waals surface area contributed by atoms with Crippen molar-refractivity contribution < 1.29 is 12.8 Å². The minimum absolute atomic E-state index is 0.125. The van der Waals surface area contributed by atoms with Gasteiger partial charge in [-0.15, -0.1) is 11.8 Å². The molecule has 2 atom stereocenters. The monoisotopic (exact) mass is 504 g/mol. The number of oxazole rings is 1. The van der Waals surface area contributed by atoms with Crippen LogP contribution in [0.3, 0.4) is 0 Å². The maximum absolute atomic E-state index is 10.9. The van der Waals surface area contributed by atoms with E-state index in [2.05, 4.69) is 37.9 Å². The average Bonchev–Trinajstić information content (AvgIpc) is 3.56. The molecule has 0 bridgehead atoms. The van der Waals surface area contributed by atoms with Gasteiger partial charge in [0, 0.05) is 16.9 Å². The van der Waals surface area contributed by atoms with Gasteiger partial charge in [0.05, 0.1) is 12.2 Å². The molecule has 2 heterocycles. The Hall–Kier alpha value is -3.69. The lowest BCUT2D eigenvalue weighted by Gasteiger charge is -2.22. The molecule has 4 aromatic rings. The van der Waals surface area contributed by atoms with Crippen LogP contribution in [-0.2, 0) is 17.3 Å². The van der Waals surface area contributed by atoms with Crippen molar-refractivity contribution in [2.75, 3.05) is 10.0 Å². The standard InChI is InChI=1S/C26H24N4O3S2/c31-35(32)30-21-13-11-18(12-14-21)15-22(23-17-34-25(28-23)20-9-5-2-6-10-20)29-26-27-16-24(33-26)19-7-3-1-4-8-19/h1-14,16-17,22,25,28,35H,15H2,(H,27,29)(H,30,31,32)/t22-,25?/m0/s1. The van der Waals surface area contributed by atoms with E-state index in [9.17, 15) is 8.42 Å². The van der Waals surface area contributed by atoms with Crippen LogP contribution < -0.4 is 15.4 Å². The van der Waals surface area contributed by atoms with Crippen LogP contribution >= 0.6 is 11.8 Å². The maximum atomic E-state index is 10.9. The van der Waals surface area contributed by atoms with E-state index in [-0.39, 0.29) is 11.4 Å². The van der Waals surface area contributed by atoms with Crippen molar-refractivity contribution in [3.05, 3.63) is 113 Å². The largest absolute Gasteiger partial charge is 0.424 e. The molecule has 1 aliphatic rings. The predicted octanol–water partition coefficient (Wildman–Crippen LogP) is 5.18. The Morgan fingerprint density at radius 1 is 0.971 bits per heavy atom. The van der Waals surface area contributed by atoms with Crippen LogP contribution in [0, 0.1) is 0 Å². The van der Waals surface area contributed by atoms with Gasteiger partial charge in [0.1, 0.15) is 5.37 Å². The molecule has 178 valence electrons. The number of anilines is 2. The first-order chi connectivity index (χ1) is 17.1. The highest BCUT2D eigenvalue weighted by Crippen LogP contribution is 2.36. The highest BCUT2D eigenvalue weighted by molar-refractivity contribution is 8.02. The molecule has 0 spiro atoms. The number of hydrogen-bond acceptors (Lipinski definition) is 7. The number of thiol groups is 1. The van der Waals surface area contributed by atoms with Gasteiger partial charge in [-0.25, -0.2) is 13.4 Å². The normalized spacial score (nSPS) is 15.9. The van der Waals surface area contributed by atoms with Crippen LogP contribution in [0.15, 0.2) is 107 Å². The molecule has 35 heavy (non-hydrogen) atoms. The van der Waals surface area contributed by atoms with Crippen LogP contribution in [0.5, 0.6) is 0 Å². The van der Waals surface area contributed by atoms with Gasteiger partial charge in [0.15, 0.2) is 5.76 Å². The molecule has 1 aliphatic heterocycles. The summed E-state index contributed by atoms with van der Waals surface area (Å²) in [6, 6.07) is 27.8. The first-order valence-electron chi connectivity index (χ1n) is 11.1. The summed E-state index contributed by atoms with van der Waals surface area (Å²) < 4.78 is 30.3. The Balaban J connectivity index is 1.36. The van der Waals surface area contributed by atoms with Gasteiger partial charge in [-0.05, 0) is 35.1 Å². The second-order valence-corrected chi connectivity index (χ2v) is 9.72. The topological polar surface area (TPSA) is 96.3 Å². The summed E-state index contributed by atoms with van der Waals surface area (Å²) in [5.41, 5.74) is 4.77. The Morgan fingerprint density at radius 2 is 1.69 bits per heavy atom. The van der Waals surface area contributed by atoms with Crippen LogP contribution in [0.1, 0.15) is 16.5 Å². The summed E-state index contributed by atoms with van der Waals surface area (Å²) in [6.07, 6.45) is 2.37. The molecule has 5 rings (SSSR count). The lowest BCUT2D eigenvalue weighted by atomic mass is 10.0. The predicted molar refractivity (Wildman–Crippen MR) is 141 cm³/mol. The number of rotatable bonds is 9. The van der Waals surface area contributed by atoms with Gasteiger partial charge in [-0.3, -0.25) is 4.72 Å². The lowest BCUT2D eigenvalue weighted by molar-refractivity contribution is 0.569. The summed E-state index contributed by atoms with van der Waals surface area (Å²) in [6.45, 7) is 0. The van der Waals surface area contributed by atoms with Gasteiger partial charge in [0.2, 0.25) is 10.9 Å². The molecule has 0 radical (unpaired) electrons. The van der Waals surface area contributed by atoms with E-state index >= 15 is 0 Å². The van der Waals surface area contributed by atoms with Crippen molar-refractivity contribution in [1.82, 2.24) is 10.3 Å². The van der Waals surface area contributed by atoms with Crippen LogP contribution in [0.4, 0.5) is 11.7 Å². The Bertz CT molecular complexity index is 1360. The van der Waals surface area contributed by atoms with Gasteiger partial charge in [0.25, 0.3) is 6.01 Å². The number of nitrogens with zero attached hydrogens (tertiary/aromatic N) is 1. The number of aromatic nitrogens is 1. The molecular formula is C26H24N4O3S2. The highest BCUT2D eigenvalue weighted by Gasteiger charge is 2.26. The van der Waals surface area contributed by atoms with E-state index in [1.54, 1.807) is 30.1 Å². The average molecular weight is 505 g/mol. The summed E-state index contributed by atoms with van der Waals surface area (Å²) in [7, 11) is -2.69. The SMILES string of the molecule is O=[SH](=O)Nc1ccc(C[C@H](Nc2ncc(-c3ccccc3)o2)C2=CSC(c3ccccc3)N2)cc1. The fourth-order valence-electron chi connectivity index (χ4n) is 3.85. The third-order valence-electron chi connectivity index (χ3n) is 5.58. The summed E-state index contributed by atoms with van der Waals surface area (Å²) in [4.78, 5) is 4.45. The molecule has 0 amide bonds. The summed E-state index contributed by atoms with van der Waals surface area (Å²) >= 11 is 1.72. The molecule has 1 unspecified atom stereocenters. The van der Waals surface area contributed by atoms with Crippen molar-refractivity contribution in [1.29, 1.82) is 0 Å². The van der Waals surface area contributed by atoms with Crippen molar-refractivity contribution in [3.8, 4) is 11.3 Å². The fraction of sp³-hybridized carbons (Fsp3) is 0.115. The smallest absolute Gasteiger partial charge is 0.295 e. The number of hydrogen-bond donors (Lipinski definition) is 4. The van der Waals surface area contributed by atoms with E-state index in [4.69, 9.17) is 4.42 Å². The molecule has 9 heteroatoms. The fourth-order valence-corrected chi connectivity index (χ4v) is 5.25. The zero-order valence-electron chi connectivity index (χ0n) is 18.6. The van der Waals surface area contributed by atoms with Crippen LogP contribution in [-0.4, -0.2) is 19.4 Å². The van der Waals surface area contributed by atoms with Gasteiger partial charge in [-0.2, -0.15) is 0 Å². The third kappa shape index (κ3) is 5.87. The van der Waals surface area contributed by atoms with Crippen LogP contribution in [0.2, 0.25) is 0 Å². The van der Waals surface area contributed by atoms with Crippen molar-refractivity contribution in [2.24, 2.45) is 0 Å². The van der Waals surface area contributed by atoms with E-state index in [1.165, 1.54) is 5.56 Å². The summed E-state index contributed by atoms with van der Waals surface area (Å²) in [5.74, 6) is 0.693. The molecule has 1 aromatic heterocycles. The van der Waals surface area contributed by atoms with Crippen molar-refractivity contribution in [3.63, 3.8) is 0 Å². The van der Waals surface area contributed by atoms with Crippen molar-refractivity contribution >= 4 is 34.4 Å². The molecule has 7 nitrogen and oxygen atoms in total. The third-order valence-corrected chi connectivity index (χ3v) is 7.08. The molecule has 0 aliphatic carbocycles. The minimum atomic E-state index is -2.69. The second kappa shape index (κ2) is 10.7. The zero-order chi connectivity index (χ0) is 24.0. The first kappa shape index (κ1) is 23.1. The van der Waals surface area contributed by atoms with E-state index < -0.39 is 10.9 Å². The lowest BCUT2D eigenvalue weighted by Crippen LogP contribution is -2.31. The van der Waals surface area contributed by atoms with Crippen molar-refractivity contribution in [2.45, 2.75) is 17.8 Å².